The number of rotatable bonds is 10. The van der Waals surface area contributed by atoms with Gasteiger partial charge in [-0.25, -0.2) is 9.59 Å². The minimum absolute atomic E-state index is 0.0613. The Bertz CT molecular complexity index is 805. The van der Waals surface area contributed by atoms with E-state index in [0.717, 1.165) is 35.1 Å². The molecule has 0 aromatic heterocycles. The Morgan fingerprint density at radius 2 is 1.66 bits per heavy atom. The van der Waals surface area contributed by atoms with E-state index in [1.54, 1.807) is 0 Å². The highest BCUT2D eigenvalue weighted by molar-refractivity contribution is 5.81. The van der Waals surface area contributed by atoms with Gasteiger partial charge in [-0.2, -0.15) is 0 Å². The standard InChI is InChI=1S/C23H27NO5/c1-2-3-13-28-14-12-21(22(25)26)24-23(27)29-15-20-18-10-6-4-8-16(18)17-9-5-7-11-19(17)20/h4-11,20-21H,2-3,12-15H2,1H3,(H,24,27)(H,25,26)/t21-/m0/s1. The molecule has 0 fully saturated rings. The number of fused-ring (bicyclic) bond motifs is 3. The molecule has 1 amide bonds. The van der Waals surface area contributed by atoms with Gasteiger partial charge >= 0.3 is 12.1 Å². The number of unbranched alkanes of at least 4 members (excludes halogenated alkanes) is 1. The first-order valence-corrected chi connectivity index (χ1v) is 10.0. The van der Waals surface area contributed by atoms with Gasteiger partial charge in [0.15, 0.2) is 0 Å². The van der Waals surface area contributed by atoms with Gasteiger partial charge in [0, 0.05) is 25.6 Å². The van der Waals surface area contributed by atoms with Crippen LogP contribution in [-0.2, 0) is 14.3 Å². The molecule has 0 radical (unpaired) electrons. The van der Waals surface area contributed by atoms with Gasteiger partial charge in [0.05, 0.1) is 0 Å². The second-order valence-electron chi connectivity index (χ2n) is 7.12. The van der Waals surface area contributed by atoms with Crippen LogP contribution in [0.25, 0.3) is 11.1 Å². The Labute approximate surface area is 170 Å². The minimum Gasteiger partial charge on any atom is -0.480 e. The molecule has 1 atom stereocenters. The number of carbonyl (C=O) groups is 2. The smallest absolute Gasteiger partial charge is 0.407 e. The van der Waals surface area contributed by atoms with Crippen LogP contribution in [0.2, 0.25) is 0 Å². The highest BCUT2D eigenvalue weighted by Gasteiger charge is 2.29. The summed E-state index contributed by atoms with van der Waals surface area (Å²) >= 11 is 0. The third-order valence-electron chi connectivity index (χ3n) is 5.13. The molecule has 0 heterocycles. The zero-order chi connectivity index (χ0) is 20.6. The van der Waals surface area contributed by atoms with Crippen molar-refractivity contribution in [2.24, 2.45) is 0 Å². The molecule has 0 saturated heterocycles. The molecule has 0 bridgehead atoms. The summed E-state index contributed by atoms with van der Waals surface area (Å²) in [7, 11) is 0. The van der Waals surface area contributed by atoms with Crippen LogP contribution >= 0.6 is 0 Å². The van der Waals surface area contributed by atoms with Gasteiger partial charge in [-0.3, -0.25) is 0 Å². The number of alkyl carbamates (subject to hydrolysis) is 1. The second-order valence-corrected chi connectivity index (χ2v) is 7.12. The highest BCUT2D eigenvalue weighted by atomic mass is 16.5. The van der Waals surface area contributed by atoms with Crippen molar-refractivity contribution in [2.45, 2.75) is 38.1 Å². The number of hydrogen-bond donors (Lipinski definition) is 2. The van der Waals surface area contributed by atoms with E-state index >= 15 is 0 Å². The van der Waals surface area contributed by atoms with E-state index in [1.165, 1.54) is 0 Å². The first kappa shape index (κ1) is 20.9. The number of carboxylic acid groups (broad SMARTS) is 1. The van der Waals surface area contributed by atoms with Crippen LogP contribution < -0.4 is 5.32 Å². The number of aliphatic carboxylic acids is 1. The van der Waals surface area contributed by atoms with Crippen LogP contribution in [0.4, 0.5) is 4.79 Å². The molecule has 1 aliphatic rings. The van der Waals surface area contributed by atoms with Crippen LogP contribution in [0, 0.1) is 0 Å². The Balaban J connectivity index is 1.56. The molecule has 0 spiro atoms. The van der Waals surface area contributed by atoms with E-state index in [2.05, 4.69) is 24.4 Å². The SMILES string of the molecule is CCCCOCC[C@H](NC(=O)OCC1c2ccccc2-c2ccccc21)C(=O)O. The molecule has 2 aromatic carbocycles. The van der Waals surface area contributed by atoms with E-state index in [-0.39, 0.29) is 25.6 Å². The summed E-state index contributed by atoms with van der Waals surface area (Å²) in [5.41, 5.74) is 4.51. The lowest BCUT2D eigenvalue weighted by atomic mass is 9.98. The molecule has 154 valence electrons. The zero-order valence-electron chi connectivity index (χ0n) is 16.6. The predicted molar refractivity (Wildman–Crippen MR) is 110 cm³/mol. The summed E-state index contributed by atoms with van der Waals surface area (Å²) < 4.78 is 10.8. The fraction of sp³-hybridized carbons (Fsp3) is 0.391. The maximum atomic E-state index is 12.2. The first-order chi connectivity index (χ1) is 14.1. The van der Waals surface area contributed by atoms with Gasteiger partial charge in [-0.15, -0.1) is 0 Å². The normalized spacial score (nSPS) is 13.4. The van der Waals surface area contributed by atoms with E-state index in [9.17, 15) is 14.7 Å². The Kier molecular flexibility index (Phi) is 7.25. The number of carboxylic acids is 1. The quantitative estimate of drug-likeness (QED) is 0.588. The molecule has 6 nitrogen and oxygen atoms in total. The van der Waals surface area contributed by atoms with Gasteiger partial charge in [-0.05, 0) is 28.7 Å². The van der Waals surface area contributed by atoms with Crippen LogP contribution in [0.3, 0.4) is 0 Å². The lowest BCUT2D eigenvalue weighted by Gasteiger charge is -2.17. The molecule has 0 aliphatic heterocycles. The summed E-state index contributed by atoms with van der Waals surface area (Å²) in [5.74, 6) is -1.16. The summed E-state index contributed by atoms with van der Waals surface area (Å²) in [4.78, 5) is 23.7. The lowest BCUT2D eigenvalue weighted by Crippen LogP contribution is -2.42. The van der Waals surface area contributed by atoms with Crippen molar-refractivity contribution in [2.75, 3.05) is 19.8 Å². The van der Waals surface area contributed by atoms with Gasteiger partial charge in [0.2, 0.25) is 0 Å². The van der Waals surface area contributed by atoms with E-state index in [1.807, 2.05) is 36.4 Å². The minimum atomic E-state index is -1.10. The van der Waals surface area contributed by atoms with E-state index < -0.39 is 18.1 Å². The van der Waals surface area contributed by atoms with Gasteiger partial charge in [0.25, 0.3) is 0 Å². The molecule has 6 heteroatoms. The Morgan fingerprint density at radius 1 is 1.03 bits per heavy atom. The van der Waals surface area contributed by atoms with Crippen molar-refractivity contribution in [1.82, 2.24) is 5.32 Å². The number of nitrogens with one attached hydrogen (secondary N) is 1. The van der Waals surface area contributed by atoms with Crippen molar-refractivity contribution in [1.29, 1.82) is 0 Å². The maximum Gasteiger partial charge on any atom is 0.407 e. The van der Waals surface area contributed by atoms with Gasteiger partial charge in [0.1, 0.15) is 12.6 Å². The molecule has 0 unspecified atom stereocenters. The second kappa shape index (κ2) is 10.1. The molecule has 3 rings (SSSR count). The van der Waals surface area contributed by atoms with Crippen molar-refractivity contribution < 1.29 is 24.2 Å². The first-order valence-electron chi connectivity index (χ1n) is 10.0. The molecule has 29 heavy (non-hydrogen) atoms. The Morgan fingerprint density at radius 3 is 2.24 bits per heavy atom. The molecular weight excluding hydrogens is 370 g/mol. The van der Waals surface area contributed by atoms with Crippen molar-refractivity contribution >= 4 is 12.1 Å². The molecule has 1 aliphatic carbocycles. The summed E-state index contributed by atoms with van der Waals surface area (Å²) in [6.07, 6.45) is 1.41. The average Bonchev–Trinajstić information content (AvgIpc) is 3.05. The summed E-state index contributed by atoms with van der Waals surface area (Å²) in [6.45, 7) is 3.08. The summed E-state index contributed by atoms with van der Waals surface area (Å²) in [5, 5.41) is 11.8. The average molecular weight is 397 g/mol. The number of hydrogen-bond acceptors (Lipinski definition) is 4. The van der Waals surface area contributed by atoms with Crippen LogP contribution in [0.5, 0.6) is 0 Å². The number of benzene rings is 2. The van der Waals surface area contributed by atoms with Crippen molar-refractivity contribution in [3.8, 4) is 11.1 Å². The van der Waals surface area contributed by atoms with E-state index in [4.69, 9.17) is 9.47 Å². The predicted octanol–water partition coefficient (Wildman–Crippen LogP) is 4.19. The van der Waals surface area contributed by atoms with Gasteiger partial charge in [-0.1, -0.05) is 61.9 Å². The molecule has 2 N–H and O–H groups in total. The number of ether oxygens (including phenoxy) is 2. The summed E-state index contributed by atoms with van der Waals surface area (Å²) in [6, 6.07) is 15.1. The molecule has 2 aromatic rings. The fourth-order valence-electron chi connectivity index (χ4n) is 3.59. The monoisotopic (exact) mass is 397 g/mol. The van der Waals surface area contributed by atoms with Crippen molar-refractivity contribution in [3.63, 3.8) is 0 Å². The third kappa shape index (κ3) is 5.15. The molecular formula is C23H27NO5. The van der Waals surface area contributed by atoms with Crippen LogP contribution in [0.15, 0.2) is 48.5 Å². The van der Waals surface area contributed by atoms with Crippen LogP contribution in [-0.4, -0.2) is 43.0 Å². The maximum absolute atomic E-state index is 12.2. The lowest BCUT2D eigenvalue weighted by molar-refractivity contribution is -0.139. The van der Waals surface area contributed by atoms with Gasteiger partial charge < -0.3 is 19.9 Å². The zero-order valence-corrected chi connectivity index (χ0v) is 16.6. The Hall–Kier alpha value is -2.86. The van der Waals surface area contributed by atoms with Crippen LogP contribution in [0.1, 0.15) is 43.2 Å². The third-order valence-corrected chi connectivity index (χ3v) is 5.13. The van der Waals surface area contributed by atoms with E-state index in [0.29, 0.717) is 6.61 Å². The fourth-order valence-corrected chi connectivity index (χ4v) is 3.59. The largest absolute Gasteiger partial charge is 0.480 e. The molecule has 0 saturated carbocycles. The topological polar surface area (TPSA) is 84.9 Å². The highest BCUT2D eigenvalue weighted by Crippen LogP contribution is 2.44. The van der Waals surface area contributed by atoms with Crippen molar-refractivity contribution in [3.05, 3.63) is 59.7 Å². The number of carbonyl (C=O) groups excluding carboxylic acids is 1. The number of amides is 1.